The number of hydrogen-bond acceptors (Lipinski definition) is 4. The average Bonchev–Trinajstić information content (AvgIpc) is 3.11. The minimum Gasteiger partial charge on any atom is -0.467 e. The third kappa shape index (κ3) is 2.83. The van der Waals surface area contributed by atoms with Crippen LogP contribution < -0.4 is 10.2 Å². The minimum atomic E-state index is -0.664. The van der Waals surface area contributed by atoms with E-state index in [4.69, 9.17) is 39.2 Å². The Hall–Kier alpha value is -1.95. The van der Waals surface area contributed by atoms with Gasteiger partial charge in [-0.1, -0.05) is 40.9 Å². The van der Waals surface area contributed by atoms with Crippen LogP contribution in [0.4, 0.5) is 5.69 Å². The molecule has 2 aromatic rings. The highest BCUT2D eigenvalue weighted by molar-refractivity contribution is 6.54. The van der Waals surface area contributed by atoms with E-state index < -0.39 is 11.8 Å². The van der Waals surface area contributed by atoms with Crippen LogP contribution in [0.5, 0.6) is 0 Å². The molecular weight excluding hydrogens is 363 g/mol. The standard InChI is InChI=1S/C15H9Cl3N2O3/c16-9-4-1-5-10(11(9)17)20-14(21)12(18)13(15(20)22)19-7-8-3-2-6-23-8/h1-6,19H,7H2. The molecule has 0 fully saturated rings. The van der Waals surface area contributed by atoms with Gasteiger partial charge < -0.3 is 9.73 Å². The van der Waals surface area contributed by atoms with E-state index in [2.05, 4.69) is 5.32 Å². The number of furan rings is 1. The summed E-state index contributed by atoms with van der Waals surface area (Å²) in [6, 6.07) is 8.11. The maximum absolute atomic E-state index is 12.5. The summed E-state index contributed by atoms with van der Waals surface area (Å²) in [5.74, 6) is -0.667. The van der Waals surface area contributed by atoms with Crippen LogP contribution in [0.25, 0.3) is 0 Å². The molecule has 23 heavy (non-hydrogen) atoms. The predicted molar refractivity (Wildman–Crippen MR) is 87.4 cm³/mol. The van der Waals surface area contributed by atoms with Crippen molar-refractivity contribution in [2.75, 3.05) is 4.90 Å². The molecule has 0 saturated carbocycles. The van der Waals surface area contributed by atoms with E-state index in [1.807, 2.05) is 0 Å². The first kappa shape index (κ1) is 15.9. The van der Waals surface area contributed by atoms with Gasteiger partial charge in [-0.05, 0) is 24.3 Å². The quantitative estimate of drug-likeness (QED) is 0.833. The van der Waals surface area contributed by atoms with Crippen LogP contribution in [0.1, 0.15) is 5.76 Å². The molecule has 3 rings (SSSR count). The van der Waals surface area contributed by atoms with Crippen LogP contribution in [0, 0.1) is 0 Å². The van der Waals surface area contributed by atoms with Gasteiger partial charge in [-0.3, -0.25) is 9.59 Å². The van der Waals surface area contributed by atoms with E-state index in [-0.39, 0.29) is 33.0 Å². The van der Waals surface area contributed by atoms with E-state index in [0.29, 0.717) is 5.76 Å². The van der Waals surface area contributed by atoms with Crippen LogP contribution >= 0.6 is 34.8 Å². The maximum Gasteiger partial charge on any atom is 0.283 e. The fourth-order valence-electron chi connectivity index (χ4n) is 2.13. The molecule has 1 aromatic heterocycles. The Morgan fingerprint density at radius 2 is 1.83 bits per heavy atom. The van der Waals surface area contributed by atoms with Gasteiger partial charge in [0, 0.05) is 0 Å². The first-order chi connectivity index (χ1) is 11.0. The van der Waals surface area contributed by atoms with Gasteiger partial charge in [0.15, 0.2) is 0 Å². The molecule has 1 N–H and O–H groups in total. The summed E-state index contributed by atoms with van der Waals surface area (Å²) >= 11 is 18.0. The zero-order chi connectivity index (χ0) is 16.6. The number of amides is 2. The van der Waals surface area contributed by atoms with E-state index in [1.165, 1.54) is 12.3 Å². The highest BCUT2D eigenvalue weighted by Crippen LogP contribution is 2.36. The Labute approximate surface area is 146 Å². The number of rotatable bonds is 4. The number of nitrogens with zero attached hydrogens (tertiary/aromatic N) is 1. The Morgan fingerprint density at radius 1 is 1.04 bits per heavy atom. The molecule has 5 nitrogen and oxygen atoms in total. The molecule has 0 saturated heterocycles. The molecule has 0 spiro atoms. The van der Waals surface area contributed by atoms with Gasteiger partial charge in [0.2, 0.25) is 0 Å². The third-order valence-electron chi connectivity index (χ3n) is 3.22. The minimum absolute atomic E-state index is 0.0101. The summed E-state index contributed by atoms with van der Waals surface area (Å²) < 4.78 is 5.16. The summed E-state index contributed by atoms with van der Waals surface area (Å²) in [7, 11) is 0. The number of imide groups is 1. The van der Waals surface area contributed by atoms with Crippen molar-refractivity contribution in [3.63, 3.8) is 0 Å². The van der Waals surface area contributed by atoms with Gasteiger partial charge in [-0.2, -0.15) is 0 Å². The van der Waals surface area contributed by atoms with Gasteiger partial charge in [-0.15, -0.1) is 0 Å². The lowest BCUT2D eigenvalue weighted by Gasteiger charge is -2.17. The molecule has 1 aliphatic rings. The number of halogens is 3. The van der Waals surface area contributed by atoms with Crippen LogP contribution in [-0.4, -0.2) is 11.8 Å². The van der Waals surface area contributed by atoms with Crippen LogP contribution in [0.15, 0.2) is 51.7 Å². The maximum atomic E-state index is 12.5. The number of hydrogen-bond donors (Lipinski definition) is 1. The molecule has 0 bridgehead atoms. The molecule has 0 unspecified atom stereocenters. The third-order valence-corrected chi connectivity index (χ3v) is 4.38. The highest BCUT2D eigenvalue weighted by atomic mass is 35.5. The second kappa shape index (κ2) is 6.28. The average molecular weight is 372 g/mol. The van der Waals surface area contributed by atoms with Crippen LogP contribution in [0.3, 0.4) is 0 Å². The summed E-state index contributed by atoms with van der Waals surface area (Å²) in [5.41, 5.74) is 0.172. The molecule has 2 heterocycles. The highest BCUT2D eigenvalue weighted by Gasteiger charge is 2.39. The van der Waals surface area contributed by atoms with Crippen molar-refractivity contribution in [2.24, 2.45) is 0 Å². The summed E-state index contributed by atoms with van der Waals surface area (Å²) in [5, 5.41) is 2.94. The Kier molecular flexibility index (Phi) is 4.35. The first-order valence-electron chi connectivity index (χ1n) is 6.49. The van der Waals surface area contributed by atoms with Gasteiger partial charge in [-0.25, -0.2) is 4.90 Å². The first-order valence-corrected chi connectivity index (χ1v) is 7.63. The van der Waals surface area contributed by atoms with E-state index in [9.17, 15) is 9.59 Å². The molecule has 1 aliphatic heterocycles. The van der Waals surface area contributed by atoms with Crippen molar-refractivity contribution < 1.29 is 14.0 Å². The van der Waals surface area contributed by atoms with Crippen molar-refractivity contribution >= 4 is 52.3 Å². The predicted octanol–water partition coefficient (Wildman–Crippen LogP) is 3.70. The summed E-state index contributed by atoms with van der Waals surface area (Å²) in [4.78, 5) is 25.7. The number of nitrogens with one attached hydrogen (secondary N) is 1. The summed E-state index contributed by atoms with van der Waals surface area (Å²) in [6.07, 6.45) is 1.51. The zero-order valence-electron chi connectivity index (χ0n) is 11.5. The van der Waals surface area contributed by atoms with Crippen molar-refractivity contribution in [3.05, 3.63) is 63.1 Å². The van der Waals surface area contributed by atoms with Crippen LogP contribution in [0.2, 0.25) is 10.0 Å². The number of anilines is 1. The molecule has 0 atom stereocenters. The van der Waals surface area contributed by atoms with Gasteiger partial charge in [0.25, 0.3) is 11.8 Å². The monoisotopic (exact) mass is 370 g/mol. The largest absolute Gasteiger partial charge is 0.467 e. The number of carbonyl (C=O) groups is 2. The second-order valence-electron chi connectivity index (χ2n) is 4.64. The molecule has 0 radical (unpaired) electrons. The molecule has 8 heteroatoms. The zero-order valence-corrected chi connectivity index (χ0v) is 13.7. The van der Waals surface area contributed by atoms with E-state index in [0.717, 1.165) is 4.90 Å². The van der Waals surface area contributed by atoms with Gasteiger partial charge >= 0.3 is 0 Å². The lowest BCUT2D eigenvalue weighted by molar-refractivity contribution is -0.120. The normalized spacial score (nSPS) is 14.8. The van der Waals surface area contributed by atoms with Crippen molar-refractivity contribution in [2.45, 2.75) is 6.54 Å². The smallest absolute Gasteiger partial charge is 0.283 e. The van der Waals surface area contributed by atoms with E-state index in [1.54, 1.807) is 24.3 Å². The number of carbonyl (C=O) groups excluding carboxylic acids is 2. The molecule has 0 aliphatic carbocycles. The van der Waals surface area contributed by atoms with Gasteiger partial charge in [0.05, 0.1) is 28.5 Å². The van der Waals surface area contributed by atoms with E-state index >= 15 is 0 Å². The molecule has 118 valence electrons. The fourth-order valence-corrected chi connectivity index (χ4v) is 2.74. The van der Waals surface area contributed by atoms with Crippen molar-refractivity contribution in [3.8, 4) is 0 Å². The number of benzene rings is 1. The second-order valence-corrected chi connectivity index (χ2v) is 5.80. The van der Waals surface area contributed by atoms with Gasteiger partial charge in [0.1, 0.15) is 16.5 Å². The van der Waals surface area contributed by atoms with Crippen molar-refractivity contribution in [1.29, 1.82) is 0 Å². The van der Waals surface area contributed by atoms with Crippen LogP contribution in [-0.2, 0) is 16.1 Å². The Bertz CT molecular complexity index is 815. The lowest BCUT2D eigenvalue weighted by atomic mass is 10.3. The SMILES string of the molecule is O=C1C(Cl)=C(NCc2ccco2)C(=O)N1c1cccc(Cl)c1Cl. The Morgan fingerprint density at radius 3 is 2.52 bits per heavy atom. The molecule has 2 amide bonds. The molecular formula is C15H9Cl3N2O3. The van der Waals surface area contributed by atoms with Crippen molar-refractivity contribution in [1.82, 2.24) is 5.32 Å². The molecule has 1 aromatic carbocycles. The lowest BCUT2D eigenvalue weighted by Crippen LogP contribution is -2.33. The summed E-state index contributed by atoms with van der Waals surface area (Å²) in [6.45, 7) is 0.217. The topological polar surface area (TPSA) is 62.6 Å². The fraction of sp³-hybridized carbons (Fsp3) is 0.0667. The Balaban J connectivity index is 1.88.